The van der Waals surface area contributed by atoms with Gasteiger partial charge in [-0.3, -0.25) is 9.69 Å². The molecule has 2 saturated heterocycles. The van der Waals surface area contributed by atoms with Crippen molar-refractivity contribution in [3.63, 3.8) is 0 Å². The molecule has 33 heavy (non-hydrogen) atoms. The molecular weight excluding hydrogens is 434 g/mol. The van der Waals surface area contributed by atoms with E-state index in [4.69, 9.17) is 4.74 Å². The SMILES string of the molecule is Cc1c(C(=O)N2CCC(N3CCOCC3)CC2)sc2ncnc(NCCC3=CCCCC3)c12. The minimum atomic E-state index is 0.147. The maximum atomic E-state index is 13.4. The van der Waals surface area contributed by atoms with Crippen LogP contribution in [-0.2, 0) is 4.74 Å². The van der Waals surface area contributed by atoms with Gasteiger partial charge in [0.2, 0.25) is 0 Å². The molecule has 2 fully saturated rings. The largest absolute Gasteiger partial charge is 0.379 e. The topological polar surface area (TPSA) is 70.6 Å². The maximum Gasteiger partial charge on any atom is 0.264 e. The van der Waals surface area contributed by atoms with E-state index < -0.39 is 0 Å². The predicted molar refractivity (Wildman–Crippen MR) is 133 cm³/mol. The Morgan fingerprint density at radius 1 is 1.18 bits per heavy atom. The molecule has 0 spiro atoms. The molecule has 2 aliphatic heterocycles. The summed E-state index contributed by atoms with van der Waals surface area (Å²) < 4.78 is 5.49. The van der Waals surface area contributed by atoms with E-state index in [9.17, 15) is 4.79 Å². The number of piperidine rings is 1. The van der Waals surface area contributed by atoms with Crippen molar-refractivity contribution in [3.05, 3.63) is 28.4 Å². The molecular formula is C25H35N5O2S. The summed E-state index contributed by atoms with van der Waals surface area (Å²) >= 11 is 1.51. The summed E-state index contributed by atoms with van der Waals surface area (Å²) in [4.78, 5) is 28.7. The zero-order chi connectivity index (χ0) is 22.6. The van der Waals surface area contributed by atoms with Gasteiger partial charge < -0.3 is 15.0 Å². The van der Waals surface area contributed by atoms with Gasteiger partial charge in [-0.15, -0.1) is 11.3 Å². The fraction of sp³-hybridized carbons (Fsp3) is 0.640. The number of hydrogen-bond donors (Lipinski definition) is 1. The summed E-state index contributed by atoms with van der Waals surface area (Å²) in [6, 6.07) is 0.572. The summed E-state index contributed by atoms with van der Waals surface area (Å²) in [5, 5.41) is 4.53. The molecule has 0 atom stereocenters. The van der Waals surface area contributed by atoms with Crippen LogP contribution in [0.25, 0.3) is 10.2 Å². The van der Waals surface area contributed by atoms with Gasteiger partial charge in [-0.2, -0.15) is 0 Å². The monoisotopic (exact) mass is 469 g/mol. The van der Waals surface area contributed by atoms with Gasteiger partial charge in [0.1, 0.15) is 17.0 Å². The van der Waals surface area contributed by atoms with Crippen LogP contribution in [0.3, 0.4) is 0 Å². The van der Waals surface area contributed by atoms with E-state index in [1.807, 2.05) is 11.8 Å². The number of thiophene rings is 1. The second-order valence-electron chi connectivity index (χ2n) is 9.42. The predicted octanol–water partition coefficient (Wildman–Crippen LogP) is 4.24. The minimum absolute atomic E-state index is 0.147. The number of rotatable bonds is 6. The van der Waals surface area contributed by atoms with Gasteiger partial charge in [-0.05, 0) is 57.4 Å². The third kappa shape index (κ3) is 5.08. The first-order valence-electron chi connectivity index (χ1n) is 12.5. The standard InChI is InChI=1S/C25H35N5O2S/c1-18-21-23(26-10-7-19-5-3-2-4-6-19)27-17-28-24(21)33-22(18)25(31)30-11-8-20(9-12-30)29-13-15-32-16-14-29/h5,17,20H,2-4,6-16H2,1H3,(H,26,27,28). The highest BCUT2D eigenvalue weighted by atomic mass is 32.1. The van der Waals surface area contributed by atoms with E-state index in [2.05, 4.69) is 26.3 Å². The van der Waals surface area contributed by atoms with Gasteiger partial charge in [-0.1, -0.05) is 11.6 Å². The molecule has 8 heteroatoms. The number of fused-ring (bicyclic) bond motifs is 1. The average Bonchev–Trinajstić information content (AvgIpc) is 3.22. The minimum Gasteiger partial charge on any atom is -0.379 e. The highest BCUT2D eigenvalue weighted by molar-refractivity contribution is 7.20. The van der Waals surface area contributed by atoms with Crippen molar-refractivity contribution in [2.45, 2.75) is 57.9 Å². The lowest BCUT2D eigenvalue weighted by molar-refractivity contribution is 0.00163. The number of aryl methyl sites for hydroxylation is 1. The quantitative estimate of drug-likeness (QED) is 0.638. The van der Waals surface area contributed by atoms with Crippen molar-refractivity contribution >= 4 is 33.3 Å². The normalized spacial score (nSPS) is 20.8. The first-order chi connectivity index (χ1) is 16.2. The van der Waals surface area contributed by atoms with Gasteiger partial charge in [0.15, 0.2) is 0 Å². The Labute approximate surface area is 200 Å². The van der Waals surface area contributed by atoms with Crippen molar-refractivity contribution < 1.29 is 9.53 Å². The average molecular weight is 470 g/mol. The van der Waals surface area contributed by atoms with E-state index in [1.54, 1.807) is 11.9 Å². The van der Waals surface area contributed by atoms with Gasteiger partial charge in [0, 0.05) is 38.8 Å². The molecule has 0 saturated carbocycles. The van der Waals surface area contributed by atoms with Crippen LogP contribution in [0.5, 0.6) is 0 Å². The molecule has 2 aromatic heterocycles. The zero-order valence-corrected chi connectivity index (χ0v) is 20.5. The molecule has 0 aromatic carbocycles. The van der Waals surface area contributed by atoms with Crippen LogP contribution < -0.4 is 5.32 Å². The number of hydrogen-bond acceptors (Lipinski definition) is 7. The maximum absolute atomic E-state index is 13.4. The molecule has 1 amide bonds. The Morgan fingerprint density at radius 3 is 2.76 bits per heavy atom. The number of morpholine rings is 1. The van der Waals surface area contributed by atoms with Gasteiger partial charge in [0.05, 0.1) is 23.5 Å². The smallest absolute Gasteiger partial charge is 0.264 e. The molecule has 0 bridgehead atoms. The third-order valence-corrected chi connectivity index (χ3v) is 8.55. The molecule has 2 aromatic rings. The molecule has 7 nitrogen and oxygen atoms in total. The lowest BCUT2D eigenvalue weighted by atomic mass is 9.97. The van der Waals surface area contributed by atoms with Crippen LogP contribution in [-0.4, -0.2) is 77.7 Å². The van der Waals surface area contributed by atoms with Crippen molar-refractivity contribution in [2.75, 3.05) is 51.3 Å². The molecule has 1 N–H and O–H groups in total. The Kier molecular flexibility index (Phi) is 7.23. The molecule has 1 aliphatic carbocycles. The van der Waals surface area contributed by atoms with Crippen LogP contribution >= 0.6 is 11.3 Å². The van der Waals surface area contributed by atoms with E-state index in [0.29, 0.717) is 6.04 Å². The number of nitrogens with one attached hydrogen (secondary N) is 1. The molecule has 3 aliphatic rings. The fourth-order valence-electron chi connectivity index (χ4n) is 5.40. The number of likely N-dealkylation sites (tertiary alicyclic amines) is 1. The van der Waals surface area contributed by atoms with E-state index in [0.717, 1.165) is 91.7 Å². The zero-order valence-electron chi connectivity index (χ0n) is 19.6. The second kappa shape index (κ2) is 10.5. The second-order valence-corrected chi connectivity index (χ2v) is 10.4. The Bertz CT molecular complexity index is 1010. The molecule has 4 heterocycles. The van der Waals surface area contributed by atoms with E-state index in [-0.39, 0.29) is 5.91 Å². The summed E-state index contributed by atoms with van der Waals surface area (Å²) in [5.74, 6) is 1.00. The van der Waals surface area contributed by atoms with Crippen molar-refractivity contribution in [1.29, 1.82) is 0 Å². The molecule has 5 rings (SSSR count). The number of carbonyl (C=O) groups is 1. The summed E-state index contributed by atoms with van der Waals surface area (Å²) in [6.45, 7) is 8.24. The van der Waals surface area contributed by atoms with Crippen molar-refractivity contribution in [1.82, 2.24) is 19.8 Å². The summed E-state index contributed by atoms with van der Waals surface area (Å²) in [5.41, 5.74) is 2.56. The number of carbonyl (C=O) groups excluding carboxylic acids is 1. The summed E-state index contributed by atoms with van der Waals surface area (Å²) in [6.07, 6.45) is 12.2. The van der Waals surface area contributed by atoms with Gasteiger partial charge in [-0.25, -0.2) is 9.97 Å². The Hall–Kier alpha value is -2.03. The summed E-state index contributed by atoms with van der Waals surface area (Å²) in [7, 11) is 0. The van der Waals surface area contributed by atoms with Crippen LogP contribution in [0.4, 0.5) is 5.82 Å². The van der Waals surface area contributed by atoms with E-state index >= 15 is 0 Å². The number of anilines is 1. The van der Waals surface area contributed by atoms with Crippen LogP contribution in [0.15, 0.2) is 18.0 Å². The number of ether oxygens (including phenoxy) is 1. The van der Waals surface area contributed by atoms with Crippen LogP contribution in [0.2, 0.25) is 0 Å². The van der Waals surface area contributed by atoms with Crippen molar-refractivity contribution in [2.24, 2.45) is 0 Å². The highest BCUT2D eigenvalue weighted by Crippen LogP contribution is 2.35. The van der Waals surface area contributed by atoms with Gasteiger partial charge in [0.25, 0.3) is 5.91 Å². The third-order valence-electron chi connectivity index (χ3n) is 7.36. The molecule has 0 unspecified atom stereocenters. The Balaban J connectivity index is 1.25. The van der Waals surface area contributed by atoms with Crippen molar-refractivity contribution in [3.8, 4) is 0 Å². The molecule has 0 radical (unpaired) electrons. The number of amides is 1. The first-order valence-corrected chi connectivity index (χ1v) is 13.3. The van der Waals surface area contributed by atoms with Crippen LogP contribution in [0.1, 0.15) is 60.2 Å². The Morgan fingerprint density at radius 2 is 2.00 bits per heavy atom. The number of aromatic nitrogens is 2. The van der Waals surface area contributed by atoms with E-state index in [1.165, 1.54) is 37.0 Å². The highest BCUT2D eigenvalue weighted by Gasteiger charge is 2.30. The fourth-order valence-corrected chi connectivity index (χ4v) is 6.52. The first kappa shape index (κ1) is 22.7. The lowest BCUT2D eigenvalue weighted by Crippen LogP contribution is -2.50. The van der Waals surface area contributed by atoms with Crippen LogP contribution in [0, 0.1) is 6.92 Å². The lowest BCUT2D eigenvalue weighted by Gasteiger charge is -2.40. The molecule has 178 valence electrons. The number of allylic oxidation sites excluding steroid dienone is 1. The van der Waals surface area contributed by atoms with Gasteiger partial charge >= 0.3 is 0 Å². The number of nitrogens with zero attached hydrogens (tertiary/aromatic N) is 4.